The van der Waals surface area contributed by atoms with Gasteiger partial charge in [-0.05, 0) is 29.4 Å². The summed E-state index contributed by atoms with van der Waals surface area (Å²) in [6.07, 6.45) is 2.87. The van der Waals surface area contributed by atoms with Crippen LogP contribution in [-0.2, 0) is 16.6 Å². The number of ether oxygens (including phenoxy) is 1. The van der Waals surface area contributed by atoms with Gasteiger partial charge in [0.05, 0.1) is 12.7 Å². The first-order chi connectivity index (χ1) is 7.05. The van der Waals surface area contributed by atoms with Crippen LogP contribution in [0, 0.1) is 0 Å². The smallest absolute Gasteiger partial charge is 0.0813 e. The second-order valence-electron chi connectivity index (χ2n) is 5.44. The van der Waals surface area contributed by atoms with Crippen molar-refractivity contribution in [3.05, 3.63) is 35.4 Å². The minimum atomic E-state index is 0.262. The molecular formula is C14H20O. The highest BCUT2D eigenvalue weighted by Crippen LogP contribution is 2.23. The first kappa shape index (κ1) is 10.7. The fourth-order valence-corrected chi connectivity index (χ4v) is 1.73. The summed E-state index contributed by atoms with van der Waals surface area (Å²) >= 11 is 0. The lowest BCUT2D eigenvalue weighted by atomic mass is 9.86. The van der Waals surface area contributed by atoms with E-state index in [0.29, 0.717) is 6.10 Å². The number of aryl methyl sites for hydroxylation is 1. The number of benzene rings is 1. The first-order valence-electron chi connectivity index (χ1n) is 5.77. The van der Waals surface area contributed by atoms with Crippen LogP contribution in [0.4, 0.5) is 0 Å². The van der Waals surface area contributed by atoms with Gasteiger partial charge in [-0.25, -0.2) is 0 Å². The van der Waals surface area contributed by atoms with Crippen LogP contribution in [-0.4, -0.2) is 12.7 Å². The minimum absolute atomic E-state index is 0.262. The van der Waals surface area contributed by atoms with E-state index in [1.165, 1.54) is 17.5 Å². The number of hydrogen-bond donors (Lipinski definition) is 0. The van der Waals surface area contributed by atoms with Gasteiger partial charge in [0.2, 0.25) is 0 Å². The van der Waals surface area contributed by atoms with Crippen LogP contribution in [0.5, 0.6) is 0 Å². The van der Waals surface area contributed by atoms with Crippen molar-refractivity contribution < 1.29 is 4.74 Å². The van der Waals surface area contributed by atoms with Crippen molar-refractivity contribution in [1.29, 1.82) is 0 Å². The van der Waals surface area contributed by atoms with Crippen molar-refractivity contribution >= 4 is 0 Å². The maximum Gasteiger partial charge on any atom is 0.0813 e. The van der Waals surface area contributed by atoms with Crippen LogP contribution >= 0.6 is 0 Å². The lowest BCUT2D eigenvalue weighted by molar-refractivity contribution is 0.397. The van der Waals surface area contributed by atoms with Crippen molar-refractivity contribution in [2.24, 2.45) is 0 Å². The summed E-state index contributed by atoms with van der Waals surface area (Å²) in [5, 5.41) is 0. The Balaban J connectivity index is 1.96. The SMILES string of the molecule is CC(C)(C)c1ccc(CC[C@@H]2CO2)cc1. The third kappa shape index (κ3) is 3.07. The topological polar surface area (TPSA) is 12.5 Å². The van der Waals surface area contributed by atoms with Gasteiger partial charge in [0.25, 0.3) is 0 Å². The molecule has 1 heteroatoms. The van der Waals surface area contributed by atoms with E-state index in [1.807, 2.05) is 0 Å². The zero-order chi connectivity index (χ0) is 10.9. The van der Waals surface area contributed by atoms with Crippen molar-refractivity contribution in [2.45, 2.75) is 45.1 Å². The Bertz CT molecular complexity index is 314. The fourth-order valence-electron chi connectivity index (χ4n) is 1.73. The Morgan fingerprint density at radius 3 is 2.27 bits per heavy atom. The molecule has 2 rings (SSSR count). The van der Waals surface area contributed by atoms with Gasteiger partial charge in [0.15, 0.2) is 0 Å². The molecule has 1 aliphatic heterocycles. The average molecular weight is 204 g/mol. The Morgan fingerprint density at radius 2 is 1.80 bits per heavy atom. The molecule has 1 heterocycles. The molecule has 1 aromatic rings. The van der Waals surface area contributed by atoms with Crippen LogP contribution in [0.2, 0.25) is 0 Å². The van der Waals surface area contributed by atoms with Gasteiger partial charge in [0, 0.05) is 0 Å². The predicted octanol–water partition coefficient (Wildman–Crippen LogP) is 3.32. The molecule has 1 fully saturated rings. The monoisotopic (exact) mass is 204 g/mol. The van der Waals surface area contributed by atoms with Crippen LogP contribution in [0.25, 0.3) is 0 Å². The van der Waals surface area contributed by atoms with Crippen LogP contribution in [0.15, 0.2) is 24.3 Å². The predicted molar refractivity (Wildman–Crippen MR) is 63.2 cm³/mol. The van der Waals surface area contributed by atoms with Gasteiger partial charge in [-0.2, -0.15) is 0 Å². The number of epoxide rings is 1. The third-order valence-corrected chi connectivity index (χ3v) is 2.98. The highest BCUT2D eigenvalue weighted by molar-refractivity contribution is 5.27. The van der Waals surface area contributed by atoms with E-state index < -0.39 is 0 Å². The highest BCUT2D eigenvalue weighted by Gasteiger charge is 2.21. The van der Waals surface area contributed by atoms with Gasteiger partial charge in [0.1, 0.15) is 0 Å². The van der Waals surface area contributed by atoms with E-state index in [9.17, 15) is 0 Å². The lowest BCUT2D eigenvalue weighted by Crippen LogP contribution is -2.10. The molecule has 1 aromatic carbocycles. The molecule has 1 nitrogen and oxygen atoms in total. The molecule has 0 bridgehead atoms. The fraction of sp³-hybridized carbons (Fsp3) is 0.571. The van der Waals surface area contributed by atoms with Crippen LogP contribution < -0.4 is 0 Å². The molecule has 0 aliphatic carbocycles. The Morgan fingerprint density at radius 1 is 1.20 bits per heavy atom. The number of hydrogen-bond acceptors (Lipinski definition) is 1. The molecule has 0 saturated carbocycles. The molecule has 0 unspecified atom stereocenters. The molecule has 1 aliphatic rings. The standard InChI is InChI=1S/C14H20O/c1-14(2,3)12-7-4-11(5-8-12)6-9-13-10-15-13/h4-5,7-8,13H,6,9-10H2,1-3H3/t13-/m1/s1. The van der Waals surface area contributed by atoms with Crippen LogP contribution in [0.1, 0.15) is 38.3 Å². The van der Waals surface area contributed by atoms with Crippen molar-refractivity contribution in [3.8, 4) is 0 Å². The maximum absolute atomic E-state index is 5.21. The Hall–Kier alpha value is -0.820. The lowest BCUT2D eigenvalue weighted by Gasteiger charge is -2.19. The van der Waals surface area contributed by atoms with Gasteiger partial charge >= 0.3 is 0 Å². The molecular weight excluding hydrogens is 184 g/mol. The van der Waals surface area contributed by atoms with Gasteiger partial charge in [-0.15, -0.1) is 0 Å². The zero-order valence-electron chi connectivity index (χ0n) is 9.92. The van der Waals surface area contributed by atoms with E-state index in [0.717, 1.165) is 13.0 Å². The molecule has 0 radical (unpaired) electrons. The highest BCUT2D eigenvalue weighted by atomic mass is 16.6. The maximum atomic E-state index is 5.21. The summed E-state index contributed by atoms with van der Waals surface area (Å²) < 4.78 is 5.21. The molecule has 0 N–H and O–H groups in total. The largest absolute Gasteiger partial charge is 0.373 e. The van der Waals surface area contributed by atoms with E-state index in [2.05, 4.69) is 45.0 Å². The second kappa shape index (κ2) is 3.97. The molecule has 15 heavy (non-hydrogen) atoms. The van der Waals surface area contributed by atoms with Gasteiger partial charge < -0.3 is 4.74 Å². The first-order valence-corrected chi connectivity index (χ1v) is 5.77. The Kier molecular flexibility index (Phi) is 2.83. The summed E-state index contributed by atoms with van der Waals surface area (Å²) in [6, 6.07) is 9.01. The zero-order valence-corrected chi connectivity index (χ0v) is 9.92. The average Bonchev–Trinajstić information content (AvgIpc) is 2.97. The quantitative estimate of drug-likeness (QED) is 0.688. The van der Waals surface area contributed by atoms with Crippen molar-refractivity contribution in [3.63, 3.8) is 0 Å². The van der Waals surface area contributed by atoms with Crippen LogP contribution in [0.3, 0.4) is 0 Å². The van der Waals surface area contributed by atoms with E-state index >= 15 is 0 Å². The summed E-state index contributed by atoms with van der Waals surface area (Å²) in [6.45, 7) is 7.72. The summed E-state index contributed by atoms with van der Waals surface area (Å²) in [7, 11) is 0. The van der Waals surface area contributed by atoms with Crippen molar-refractivity contribution in [2.75, 3.05) is 6.61 Å². The van der Waals surface area contributed by atoms with Gasteiger partial charge in [-0.3, -0.25) is 0 Å². The molecule has 1 saturated heterocycles. The van der Waals surface area contributed by atoms with E-state index in [-0.39, 0.29) is 5.41 Å². The summed E-state index contributed by atoms with van der Waals surface area (Å²) in [4.78, 5) is 0. The third-order valence-electron chi connectivity index (χ3n) is 2.98. The minimum Gasteiger partial charge on any atom is -0.373 e. The summed E-state index contributed by atoms with van der Waals surface area (Å²) in [5.74, 6) is 0. The summed E-state index contributed by atoms with van der Waals surface area (Å²) in [5.41, 5.74) is 3.10. The normalized spacial score (nSPS) is 20.3. The van der Waals surface area contributed by atoms with E-state index in [1.54, 1.807) is 0 Å². The molecule has 82 valence electrons. The number of rotatable bonds is 3. The second-order valence-corrected chi connectivity index (χ2v) is 5.44. The Labute approximate surface area is 92.5 Å². The van der Waals surface area contributed by atoms with Gasteiger partial charge in [-0.1, -0.05) is 45.0 Å². The molecule has 0 amide bonds. The molecule has 0 spiro atoms. The van der Waals surface area contributed by atoms with Crippen molar-refractivity contribution in [1.82, 2.24) is 0 Å². The molecule has 1 atom stereocenters. The molecule has 0 aromatic heterocycles. The van der Waals surface area contributed by atoms with E-state index in [4.69, 9.17) is 4.74 Å².